The maximum Gasteiger partial charge on any atom is 0.340 e. The molecule has 1 aromatic carbocycles. The number of hydrazine groups is 1. The van der Waals surface area contributed by atoms with Crippen molar-refractivity contribution in [3.05, 3.63) is 44.9 Å². The SMILES string of the molecule is Cc1nc(N(NC(=O)c2ccccc2Br)C(N)=O)sc1C. The third-order valence-corrected chi connectivity index (χ3v) is 4.51. The maximum absolute atomic E-state index is 12.2. The Labute approximate surface area is 134 Å². The Morgan fingerprint density at radius 2 is 2.00 bits per heavy atom. The Balaban J connectivity index is 2.27. The average Bonchev–Trinajstić information content (AvgIpc) is 2.75. The van der Waals surface area contributed by atoms with Gasteiger partial charge >= 0.3 is 6.03 Å². The van der Waals surface area contributed by atoms with Crippen LogP contribution in [0.5, 0.6) is 0 Å². The minimum absolute atomic E-state index is 0.331. The van der Waals surface area contributed by atoms with Crippen LogP contribution in [-0.2, 0) is 0 Å². The number of nitrogens with two attached hydrogens (primary N) is 1. The Hall–Kier alpha value is -1.93. The number of primary amides is 1. The van der Waals surface area contributed by atoms with Crippen LogP contribution in [-0.4, -0.2) is 16.9 Å². The van der Waals surface area contributed by atoms with E-state index in [0.717, 1.165) is 15.6 Å². The van der Waals surface area contributed by atoms with Crippen LogP contribution in [0, 0.1) is 13.8 Å². The number of aryl methyl sites for hydroxylation is 2. The number of urea groups is 1. The fourth-order valence-electron chi connectivity index (χ4n) is 1.56. The molecule has 0 aliphatic rings. The van der Waals surface area contributed by atoms with Gasteiger partial charge in [-0.15, -0.1) is 0 Å². The second-order valence-electron chi connectivity index (χ2n) is 4.23. The molecule has 0 unspecified atom stereocenters. The van der Waals surface area contributed by atoms with Gasteiger partial charge in [0.25, 0.3) is 5.91 Å². The lowest BCUT2D eigenvalue weighted by molar-refractivity contribution is 0.0950. The molecule has 1 heterocycles. The lowest BCUT2D eigenvalue weighted by Gasteiger charge is -2.18. The Kier molecular flexibility index (Phi) is 4.59. The van der Waals surface area contributed by atoms with Gasteiger partial charge in [-0.25, -0.2) is 9.78 Å². The number of rotatable bonds is 2. The van der Waals surface area contributed by atoms with E-state index in [1.807, 2.05) is 13.8 Å². The number of carbonyl (C=O) groups excluding carboxylic acids is 2. The quantitative estimate of drug-likeness (QED) is 0.798. The summed E-state index contributed by atoms with van der Waals surface area (Å²) in [6.07, 6.45) is 0. The van der Waals surface area contributed by atoms with Crippen molar-refractivity contribution in [3.63, 3.8) is 0 Å². The van der Waals surface area contributed by atoms with E-state index in [-0.39, 0.29) is 0 Å². The number of nitrogens with one attached hydrogen (secondary N) is 1. The highest BCUT2D eigenvalue weighted by Gasteiger charge is 2.21. The van der Waals surface area contributed by atoms with Crippen molar-refractivity contribution in [1.82, 2.24) is 10.4 Å². The van der Waals surface area contributed by atoms with E-state index in [1.54, 1.807) is 24.3 Å². The largest absolute Gasteiger partial charge is 0.350 e. The van der Waals surface area contributed by atoms with Gasteiger partial charge in [0.1, 0.15) is 0 Å². The van der Waals surface area contributed by atoms with Crippen LogP contribution in [0.2, 0.25) is 0 Å². The number of halogens is 1. The van der Waals surface area contributed by atoms with Gasteiger partial charge in [-0.1, -0.05) is 23.5 Å². The fraction of sp³-hybridized carbons (Fsp3) is 0.154. The zero-order valence-corrected chi connectivity index (χ0v) is 13.8. The second-order valence-corrected chi connectivity index (χ2v) is 6.27. The van der Waals surface area contributed by atoms with Crippen LogP contribution >= 0.6 is 27.3 Å². The normalized spacial score (nSPS) is 10.2. The van der Waals surface area contributed by atoms with Crippen molar-refractivity contribution in [3.8, 4) is 0 Å². The number of thiazole rings is 1. The molecule has 0 aliphatic heterocycles. The van der Waals surface area contributed by atoms with E-state index in [4.69, 9.17) is 5.73 Å². The molecule has 0 radical (unpaired) electrons. The first-order valence-corrected chi connectivity index (χ1v) is 7.60. The molecule has 0 fully saturated rings. The summed E-state index contributed by atoms with van der Waals surface area (Å²) in [6, 6.07) is 6.09. The Morgan fingerprint density at radius 1 is 1.33 bits per heavy atom. The van der Waals surface area contributed by atoms with E-state index in [1.165, 1.54) is 11.3 Å². The number of nitrogens with zero attached hydrogens (tertiary/aromatic N) is 2. The molecule has 1 aromatic heterocycles. The number of anilines is 1. The van der Waals surface area contributed by atoms with Crippen LogP contribution in [0.25, 0.3) is 0 Å². The molecule has 0 atom stereocenters. The number of amides is 3. The van der Waals surface area contributed by atoms with Gasteiger partial charge in [-0.2, -0.15) is 5.01 Å². The summed E-state index contributed by atoms with van der Waals surface area (Å²) in [7, 11) is 0. The molecule has 3 amide bonds. The predicted octanol–water partition coefficient (Wildman–Crippen LogP) is 2.75. The number of hydrogen-bond acceptors (Lipinski definition) is 4. The van der Waals surface area contributed by atoms with Crippen LogP contribution < -0.4 is 16.2 Å². The highest BCUT2D eigenvalue weighted by atomic mass is 79.9. The molecular weight excluding hydrogens is 356 g/mol. The maximum atomic E-state index is 12.2. The molecule has 0 bridgehead atoms. The summed E-state index contributed by atoms with van der Waals surface area (Å²) < 4.78 is 0.624. The predicted molar refractivity (Wildman–Crippen MR) is 85.3 cm³/mol. The fourth-order valence-corrected chi connectivity index (χ4v) is 2.90. The Bertz CT molecular complexity index is 682. The van der Waals surface area contributed by atoms with Crippen molar-refractivity contribution in [1.29, 1.82) is 0 Å². The first kappa shape index (κ1) is 15.5. The van der Waals surface area contributed by atoms with Crippen LogP contribution in [0.3, 0.4) is 0 Å². The van der Waals surface area contributed by atoms with E-state index >= 15 is 0 Å². The van der Waals surface area contributed by atoms with Crippen molar-refractivity contribution in [2.45, 2.75) is 13.8 Å². The lowest BCUT2D eigenvalue weighted by Crippen LogP contribution is -2.49. The van der Waals surface area contributed by atoms with Gasteiger partial charge in [-0.05, 0) is 41.9 Å². The molecule has 0 saturated heterocycles. The molecule has 8 heteroatoms. The minimum atomic E-state index is -0.802. The molecule has 110 valence electrons. The minimum Gasteiger partial charge on any atom is -0.350 e. The Morgan fingerprint density at radius 3 is 2.52 bits per heavy atom. The summed E-state index contributed by atoms with van der Waals surface area (Å²) in [5, 5.41) is 1.28. The molecular formula is C13H13BrN4O2S. The van der Waals surface area contributed by atoms with Gasteiger partial charge in [0.05, 0.1) is 11.3 Å². The summed E-state index contributed by atoms with van der Waals surface area (Å²) >= 11 is 4.57. The monoisotopic (exact) mass is 368 g/mol. The van der Waals surface area contributed by atoms with Crippen molar-refractivity contribution < 1.29 is 9.59 Å². The zero-order valence-electron chi connectivity index (χ0n) is 11.4. The molecule has 3 N–H and O–H groups in total. The number of benzene rings is 1. The average molecular weight is 369 g/mol. The number of hydrogen-bond donors (Lipinski definition) is 2. The van der Waals surface area contributed by atoms with Gasteiger partial charge in [0.15, 0.2) is 0 Å². The number of carbonyl (C=O) groups is 2. The summed E-state index contributed by atoms with van der Waals surface area (Å²) in [4.78, 5) is 29.0. The highest BCUT2D eigenvalue weighted by molar-refractivity contribution is 9.10. The third-order valence-electron chi connectivity index (χ3n) is 2.76. The topological polar surface area (TPSA) is 88.3 Å². The molecule has 0 spiro atoms. The van der Waals surface area contributed by atoms with Crippen LogP contribution in [0.1, 0.15) is 20.9 Å². The molecule has 2 aromatic rings. The van der Waals surface area contributed by atoms with Crippen LogP contribution in [0.4, 0.5) is 9.93 Å². The van der Waals surface area contributed by atoms with E-state index in [2.05, 4.69) is 26.3 Å². The third kappa shape index (κ3) is 3.40. The van der Waals surface area contributed by atoms with E-state index in [9.17, 15) is 9.59 Å². The van der Waals surface area contributed by atoms with Crippen molar-refractivity contribution in [2.75, 3.05) is 5.01 Å². The second kappa shape index (κ2) is 6.23. The highest BCUT2D eigenvalue weighted by Crippen LogP contribution is 2.24. The first-order valence-electron chi connectivity index (χ1n) is 5.99. The van der Waals surface area contributed by atoms with Gasteiger partial charge < -0.3 is 5.73 Å². The standard InChI is InChI=1S/C13H13BrN4O2S/c1-7-8(2)21-13(16-7)18(12(15)20)17-11(19)9-5-3-4-6-10(9)14/h3-6H,1-2H3,(H2,15,20)(H,17,19). The van der Waals surface area contributed by atoms with Gasteiger partial charge in [0.2, 0.25) is 5.13 Å². The molecule has 2 rings (SSSR count). The summed E-state index contributed by atoms with van der Waals surface area (Å²) in [5.74, 6) is -0.452. The molecule has 21 heavy (non-hydrogen) atoms. The van der Waals surface area contributed by atoms with Crippen molar-refractivity contribution >= 4 is 44.3 Å². The van der Waals surface area contributed by atoms with Crippen LogP contribution in [0.15, 0.2) is 28.7 Å². The number of aromatic nitrogens is 1. The summed E-state index contributed by atoms with van der Waals surface area (Å²) in [5.41, 5.74) is 8.97. The van der Waals surface area contributed by atoms with Gasteiger partial charge in [-0.3, -0.25) is 10.2 Å². The summed E-state index contributed by atoms with van der Waals surface area (Å²) in [6.45, 7) is 3.70. The molecule has 0 saturated carbocycles. The molecule has 6 nitrogen and oxygen atoms in total. The first-order chi connectivity index (χ1) is 9.90. The van der Waals surface area contributed by atoms with Crippen molar-refractivity contribution in [2.24, 2.45) is 5.73 Å². The lowest BCUT2D eigenvalue weighted by atomic mass is 10.2. The van der Waals surface area contributed by atoms with E-state index in [0.29, 0.717) is 15.2 Å². The molecule has 0 aliphatic carbocycles. The smallest absolute Gasteiger partial charge is 0.340 e. The zero-order chi connectivity index (χ0) is 15.6. The van der Waals surface area contributed by atoms with E-state index < -0.39 is 11.9 Å². The van der Waals surface area contributed by atoms with Gasteiger partial charge in [0, 0.05) is 9.35 Å².